The lowest BCUT2D eigenvalue weighted by Crippen LogP contribution is -2.31. The fourth-order valence-electron chi connectivity index (χ4n) is 1.82. The standard InChI is InChI=1S/C14H21F3N2O/c1-3-20-9-8-19(2)10-13(18)11-4-6-12(7-5-11)14(15,16)17/h4-7,13H,3,8-10,18H2,1-2H3. The molecule has 0 heterocycles. The van der Waals surface area contributed by atoms with Gasteiger partial charge in [0.2, 0.25) is 0 Å². The van der Waals surface area contributed by atoms with E-state index < -0.39 is 11.7 Å². The molecule has 1 rings (SSSR count). The smallest absolute Gasteiger partial charge is 0.380 e. The number of benzene rings is 1. The van der Waals surface area contributed by atoms with Crippen molar-refractivity contribution in [2.45, 2.75) is 19.1 Å². The van der Waals surface area contributed by atoms with Crippen molar-refractivity contribution in [2.75, 3.05) is 33.4 Å². The quantitative estimate of drug-likeness (QED) is 0.785. The number of likely N-dealkylation sites (N-methyl/N-ethyl adjacent to an activating group) is 1. The van der Waals surface area contributed by atoms with Crippen LogP contribution in [-0.4, -0.2) is 38.3 Å². The Morgan fingerprint density at radius 3 is 2.35 bits per heavy atom. The molecule has 6 heteroatoms. The molecular weight excluding hydrogens is 269 g/mol. The van der Waals surface area contributed by atoms with E-state index in [9.17, 15) is 13.2 Å². The first-order valence-electron chi connectivity index (χ1n) is 6.53. The van der Waals surface area contributed by atoms with Crippen LogP contribution in [0.1, 0.15) is 24.1 Å². The van der Waals surface area contributed by atoms with Crippen molar-refractivity contribution in [3.05, 3.63) is 35.4 Å². The summed E-state index contributed by atoms with van der Waals surface area (Å²) in [6, 6.07) is 4.68. The normalized spacial score (nSPS) is 13.8. The summed E-state index contributed by atoms with van der Waals surface area (Å²) in [6.07, 6.45) is -4.31. The lowest BCUT2D eigenvalue weighted by molar-refractivity contribution is -0.137. The topological polar surface area (TPSA) is 38.5 Å². The van der Waals surface area contributed by atoms with E-state index >= 15 is 0 Å². The van der Waals surface area contributed by atoms with Gasteiger partial charge in [0.15, 0.2) is 0 Å². The number of hydrogen-bond donors (Lipinski definition) is 1. The maximum absolute atomic E-state index is 12.5. The fraction of sp³-hybridized carbons (Fsp3) is 0.571. The molecule has 0 saturated carbocycles. The van der Waals surface area contributed by atoms with Gasteiger partial charge in [-0.1, -0.05) is 12.1 Å². The third-order valence-electron chi connectivity index (χ3n) is 3.00. The molecule has 0 aromatic heterocycles. The minimum absolute atomic E-state index is 0.316. The summed E-state index contributed by atoms with van der Waals surface area (Å²) in [6.45, 7) is 4.51. The average Bonchev–Trinajstić information content (AvgIpc) is 2.38. The molecular formula is C14H21F3N2O. The summed E-state index contributed by atoms with van der Waals surface area (Å²) < 4.78 is 42.6. The van der Waals surface area contributed by atoms with E-state index in [4.69, 9.17) is 10.5 Å². The van der Waals surface area contributed by atoms with Gasteiger partial charge >= 0.3 is 6.18 Å². The van der Waals surface area contributed by atoms with Gasteiger partial charge in [0.1, 0.15) is 0 Å². The Morgan fingerprint density at radius 2 is 1.85 bits per heavy atom. The lowest BCUT2D eigenvalue weighted by Gasteiger charge is -2.21. The van der Waals surface area contributed by atoms with Crippen LogP contribution in [0, 0.1) is 0 Å². The third kappa shape index (κ3) is 5.48. The van der Waals surface area contributed by atoms with Gasteiger partial charge in [-0.05, 0) is 31.7 Å². The van der Waals surface area contributed by atoms with E-state index in [1.165, 1.54) is 12.1 Å². The zero-order valence-electron chi connectivity index (χ0n) is 11.8. The number of nitrogens with zero attached hydrogens (tertiary/aromatic N) is 1. The monoisotopic (exact) mass is 290 g/mol. The number of hydrogen-bond acceptors (Lipinski definition) is 3. The summed E-state index contributed by atoms with van der Waals surface area (Å²) in [5.74, 6) is 0. The molecule has 0 radical (unpaired) electrons. The van der Waals surface area contributed by atoms with Gasteiger partial charge in [0.25, 0.3) is 0 Å². The van der Waals surface area contributed by atoms with Crippen molar-refractivity contribution in [2.24, 2.45) is 5.73 Å². The van der Waals surface area contributed by atoms with Crippen molar-refractivity contribution in [3.63, 3.8) is 0 Å². The number of alkyl halides is 3. The molecule has 1 aromatic carbocycles. The van der Waals surface area contributed by atoms with Gasteiger partial charge in [-0.3, -0.25) is 0 Å². The van der Waals surface area contributed by atoms with Crippen LogP contribution in [0.5, 0.6) is 0 Å². The van der Waals surface area contributed by atoms with Crippen molar-refractivity contribution in [1.29, 1.82) is 0 Å². The minimum Gasteiger partial charge on any atom is -0.380 e. The molecule has 114 valence electrons. The highest BCUT2D eigenvalue weighted by atomic mass is 19.4. The Kier molecular flexibility index (Phi) is 6.45. The maximum atomic E-state index is 12.5. The second kappa shape index (κ2) is 7.61. The fourth-order valence-corrected chi connectivity index (χ4v) is 1.82. The maximum Gasteiger partial charge on any atom is 0.416 e. The molecule has 0 aliphatic carbocycles. The van der Waals surface area contributed by atoms with Gasteiger partial charge in [0, 0.05) is 25.7 Å². The van der Waals surface area contributed by atoms with Crippen LogP contribution in [0.15, 0.2) is 24.3 Å². The third-order valence-corrected chi connectivity index (χ3v) is 3.00. The van der Waals surface area contributed by atoms with Crippen molar-refractivity contribution in [1.82, 2.24) is 4.90 Å². The van der Waals surface area contributed by atoms with Crippen LogP contribution >= 0.6 is 0 Å². The first kappa shape index (κ1) is 16.9. The molecule has 1 atom stereocenters. The van der Waals surface area contributed by atoms with E-state index in [1.807, 2.05) is 18.9 Å². The molecule has 0 amide bonds. The van der Waals surface area contributed by atoms with E-state index in [1.54, 1.807) is 0 Å². The molecule has 20 heavy (non-hydrogen) atoms. The lowest BCUT2D eigenvalue weighted by atomic mass is 10.0. The average molecular weight is 290 g/mol. The second-order valence-electron chi connectivity index (χ2n) is 4.69. The van der Waals surface area contributed by atoms with Crippen molar-refractivity contribution < 1.29 is 17.9 Å². The van der Waals surface area contributed by atoms with E-state index in [0.29, 0.717) is 25.3 Å². The Labute approximate surface area is 117 Å². The predicted molar refractivity (Wildman–Crippen MR) is 72.4 cm³/mol. The molecule has 0 aliphatic heterocycles. The molecule has 1 aromatic rings. The van der Waals surface area contributed by atoms with Crippen LogP contribution in [0.25, 0.3) is 0 Å². The highest BCUT2D eigenvalue weighted by Crippen LogP contribution is 2.29. The predicted octanol–water partition coefficient (Wildman–Crippen LogP) is 2.67. The van der Waals surface area contributed by atoms with E-state index in [2.05, 4.69) is 0 Å². The van der Waals surface area contributed by atoms with E-state index in [-0.39, 0.29) is 6.04 Å². The van der Waals surface area contributed by atoms with Gasteiger partial charge in [0.05, 0.1) is 12.2 Å². The number of rotatable bonds is 7. The van der Waals surface area contributed by atoms with E-state index in [0.717, 1.165) is 18.7 Å². The van der Waals surface area contributed by atoms with Crippen LogP contribution in [-0.2, 0) is 10.9 Å². The van der Waals surface area contributed by atoms with Gasteiger partial charge in [-0.2, -0.15) is 13.2 Å². The zero-order chi connectivity index (χ0) is 15.2. The molecule has 1 unspecified atom stereocenters. The Morgan fingerprint density at radius 1 is 1.25 bits per heavy atom. The SMILES string of the molecule is CCOCCN(C)CC(N)c1ccc(C(F)(F)F)cc1. The van der Waals surface area contributed by atoms with Crippen molar-refractivity contribution >= 4 is 0 Å². The van der Waals surface area contributed by atoms with Gasteiger partial charge < -0.3 is 15.4 Å². The van der Waals surface area contributed by atoms with Crippen LogP contribution < -0.4 is 5.73 Å². The van der Waals surface area contributed by atoms with Gasteiger partial charge in [-0.25, -0.2) is 0 Å². The van der Waals surface area contributed by atoms with Crippen LogP contribution in [0.2, 0.25) is 0 Å². The highest BCUT2D eigenvalue weighted by molar-refractivity contribution is 5.26. The summed E-state index contributed by atoms with van der Waals surface area (Å²) in [4.78, 5) is 2.00. The highest BCUT2D eigenvalue weighted by Gasteiger charge is 2.30. The Balaban J connectivity index is 2.53. The summed E-state index contributed by atoms with van der Waals surface area (Å²) in [5.41, 5.74) is 6.04. The van der Waals surface area contributed by atoms with Crippen LogP contribution in [0.3, 0.4) is 0 Å². The first-order chi connectivity index (χ1) is 9.34. The Bertz CT molecular complexity index is 392. The van der Waals surface area contributed by atoms with Gasteiger partial charge in [-0.15, -0.1) is 0 Å². The summed E-state index contributed by atoms with van der Waals surface area (Å²) in [5, 5.41) is 0. The second-order valence-corrected chi connectivity index (χ2v) is 4.69. The molecule has 0 aliphatic rings. The first-order valence-corrected chi connectivity index (χ1v) is 6.53. The molecule has 0 fully saturated rings. The largest absolute Gasteiger partial charge is 0.416 e. The number of nitrogens with two attached hydrogens (primary N) is 1. The zero-order valence-corrected chi connectivity index (χ0v) is 11.8. The number of halogens is 3. The molecule has 0 saturated heterocycles. The number of ether oxygens (including phenoxy) is 1. The summed E-state index contributed by atoms with van der Waals surface area (Å²) in [7, 11) is 1.91. The molecule has 0 spiro atoms. The molecule has 2 N–H and O–H groups in total. The summed E-state index contributed by atoms with van der Waals surface area (Å²) >= 11 is 0. The molecule has 0 bridgehead atoms. The molecule has 3 nitrogen and oxygen atoms in total. The van der Waals surface area contributed by atoms with Crippen LogP contribution in [0.4, 0.5) is 13.2 Å². The van der Waals surface area contributed by atoms with Crippen molar-refractivity contribution in [3.8, 4) is 0 Å². The minimum atomic E-state index is -4.31. The Hall–Kier alpha value is -1.11.